The van der Waals surface area contributed by atoms with E-state index in [9.17, 15) is 9.18 Å². The van der Waals surface area contributed by atoms with Crippen molar-refractivity contribution < 1.29 is 9.18 Å². The number of nitrogens with zero attached hydrogens (tertiary/aromatic N) is 3. The molecule has 4 aromatic rings. The number of hydrogen-bond donors (Lipinski definition) is 1. The summed E-state index contributed by atoms with van der Waals surface area (Å²) in [5, 5.41) is 5.39. The van der Waals surface area contributed by atoms with Gasteiger partial charge in [-0.3, -0.25) is 9.20 Å². The Morgan fingerprint density at radius 2 is 2.00 bits per heavy atom. The second-order valence-corrected chi connectivity index (χ2v) is 7.94. The van der Waals surface area contributed by atoms with Crippen molar-refractivity contribution >= 4 is 38.7 Å². The molecule has 0 saturated heterocycles. The van der Waals surface area contributed by atoms with Crippen LogP contribution in [-0.4, -0.2) is 20.3 Å². The van der Waals surface area contributed by atoms with Gasteiger partial charge >= 0.3 is 0 Å². The quantitative estimate of drug-likeness (QED) is 0.563. The fourth-order valence-electron chi connectivity index (χ4n) is 2.57. The number of imidazole rings is 1. The van der Waals surface area contributed by atoms with E-state index >= 15 is 0 Å². The first-order valence-corrected chi connectivity index (χ1v) is 9.64. The summed E-state index contributed by atoms with van der Waals surface area (Å²) in [6, 6.07) is 6.22. The lowest BCUT2D eigenvalue weighted by Crippen LogP contribution is -2.15. The molecule has 0 spiro atoms. The number of hydrogen-bond acceptors (Lipinski definition) is 5. The summed E-state index contributed by atoms with van der Waals surface area (Å²) in [4.78, 5) is 23.1. The van der Waals surface area contributed by atoms with E-state index in [1.165, 1.54) is 34.8 Å². The van der Waals surface area contributed by atoms with Gasteiger partial charge in [-0.15, -0.1) is 22.7 Å². The molecule has 0 aliphatic heterocycles. The van der Waals surface area contributed by atoms with Gasteiger partial charge < -0.3 is 5.32 Å². The molecule has 0 unspecified atom stereocenters. The van der Waals surface area contributed by atoms with E-state index in [0.29, 0.717) is 5.13 Å². The highest BCUT2D eigenvalue weighted by Gasteiger charge is 2.14. The number of benzene rings is 1. The molecule has 0 radical (unpaired) electrons. The van der Waals surface area contributed by atoms with Crippen LogP contribution in [0, 0.1) is 19.7 Å². The van der Waals surface area contributed by atoms with Crippen molar-refractivity contribution in [2.45, 2.75) is 20.3 Å². The van der Waals surface area contributed by atoms with E-state index < -0.39 is 0 Å². The highest BCUT2D eigenvalue weighted by molar-refractivity contribution is 7.16. The van der Waals surface area contributed by atoms with Crippen LogP contribution >= 0.6 is 22.7 Å². The van der Waals surface area contributed by atoms with E-state index in [1.54, 1.807) is 12.1 Å². The Morgan fingerprint density at radius 1 is 1.23 bits per heavy atom. The summed E-state index contributed by atoms with van der Waals surface area (Å²) in [5.41, 5.74) is 3.38. The number of anilines is 1. The van der Waals surface area contributed by atoms with Gasteiger partial charge in [0.2, 0.25) is 5.91 Å². The van der Waals surface area contributed by atoms with Crippen LogP contribution < -0.4 is 5.32 Å². The molecule has 1 aromatic carbocycles. The summed E-state index contributed by atoms with van der Waals surface area (Å²) >= 11 is 2.94. The van der Waals surface area contributed by atoms with E-state index in [-0.39, 0.29) is 18.1 Å². The summed E-state index contributed by atoms with van der Waals surface area (Å²) < 4.78 is 15.0. The van der Waals surface area contributed by atoms with E-state index in [1.807, 2.05) is 29.8 Å². The number of amides is 1. The van der Waals surface area contributed by atoms with Crippen molar-refractivity contribution in [2.75, 3.05) is 5.32 Å². The summed E-state index contributed by atoms with van der Waals surface area (Å²) in [5.74, 6) is -0.393. The van der Waals surface area contributed by atoms with Crippen molar-refractivity contribution in [3.05, 3.63) is 57.9 Å². The average molecular weight is 386 g/mol. The molecule has 0 saturated carbocycles. The van der Waals surface area contributed by atoms with Crippen LogP contribution in [0.4, 0.5) is 9.52 Å². The van der Waals surface area contributed by atoms with Crippen molar-refractivity contribution in [1.82, 2.24) is 14.4 Å². The SMILES string of the molecule is Cc1nc(NC(=O)Cc2csc3nc(-c4ccc(F)cc4)cn23)sc1C. The minimum Gasteiger partial charge on any atom is -0.302 e. The predicted octanol–water partition coefficient (Wildman–Crippen LogP) is 4.46. The molecule has 1 N–H and O–H groups in total. The molecule has 0 aliphatic carbocycles. The fourth-order valence-corrected chi connectivity index (χ4v) is 4.27. The summed E-state index contributed by atoms with van der Waals surface area (Å²) in [7, 11) is 0. The van der Waals surface area contributed by atoms with Gasteiger partial charge in [0.25, 0.3) is 0 Å². The summed E-state index contributed by atoms with van der Waals surface area (Å²) in [6.07, 6.45) is 2.11. The zero-order chi connectivity index (χ0) is 18.3. The smallest absolute Gasteiger partial charge is 0.232 e. The lowest BCUT2D eigenvalue weighted by atomic mass is 10.2. The molecule has 5 nitrogen and oxygen atoms in total. The first-order chi connectivity index (χ1) is 12.5. The van der Waals surface area contributed by atoms with Crippen LogP contribution in [0.1, 0.15) is 16.3 Å². The Kier molecular flexibility index (Phi) is 4.29. The molecule has 4 rings (SSSR count). The number of aromatic nitrogens is 3. The van der Waals surface area contributed by atoms with Crippen molar-refractivity contribution in [3.8, 4) is 11.3 Å². The molecule has 1 amide bonds. The van der Waals surface area contributed by atoms with E-state index in [0.717, 1.165) is 32.5 Å². The minimum atomic E-state index is -0.278. The molecule has 3 aromatic heterocycles. The summed E-state index contributed by atoms with van der Waals surface area (Å²) in [6.45, 7) is 3.90. The average Bonchev–Trinajstić information content (AvgIpc) is 3.25. The van der Waals surface area contributed by atoms with Gasteiger partial charge in [-0.2, -0.15) is 0 Å². The first kappa shape index (κ1) is 16.9. The minimum absolute atomic E-state index is 0.115. The number of carbonyl (C=O) groups is 1. The van der Waals surface area contributed by atoms with Gasteiger partial charge in [-0.25, -0.2) is 14.4 Å². The van der Waals surface area contributed by atoms with Crippen molar-refractivity contribution in [2.24, 2.45) is 0 Å². The van der Waals surface area contributed by atoms with Gasteiger partial charge in [0.15, 0.2) is 10.1 Å². The third kappa shape index (κ3) is 3.25. The molecule has 0 fully saturated rings. The molecule has 3 heterocycles. The molecule has 132 valence electrons. The highest BCUT2D eigenvalue weighted by Crippen LogP contribution is 2.25. The van der Waals surface area contributed by atoms with Crippen LogP contribution in [0.15, 0.2) is 35.8 Å². The zero-order valence-electron chi connectivity index (χ0n) is 14.1. The van der Waals surface area contributed by atoms with Gasteiger partial charge in [-0.05, 0) is 38.1 Å². The maximum absolute atomic E-state index is 13.1. The lowest BCUT2D eigenvalue weighted by molar-refractivity contribution is -0.115. The van der Waals surface area contributed by atoms with Crippen LogP contribution in [0.5, 0.6) is 0 Å². The van der Waals surface area contributed by atoms with E-state index in [4.69, 9.17) is 0 Å². The molecule has 0 atom stereocenters. The topological polar surface area (TPSA) is 59.3 Å². The fraction of sp³-hybridized carbons (Fsp3) is 0.167. The number of halogens is 1. The number of aryl methyl sites for hydroxylation is 2. The maximum atomic E-state index is 13.1. The molecular formula is C18H15FN4OS2. The predicted molar refractivity (Wildman–Crippen MR) is 102 cm³/mol. The van der Waals surface area contributed by atoms with Gasteiger partial charge in [0, 0.05) is 27.7 Å². The number of nitrogens with one attached hydrogen (secondary N) is 1. The molecule has 0 bridgehead atoms. The zero-order valence-corrected chi connectivity index (χ0v) is 15.7. The number of thiazole rings is 2. The Morgan fingerprint density at radius 3 is 2.69 bits per heavy atom. The van der Waals surface area contributed by atoms with Crippen LogP contribution in [0.3, 0.4) is 0 Å². The Bertz CT molecular complexity index is 1070. The molecule has 26 heavy (non-hydrogen) atoms. The Labute approximate surface area is 157 Å². The number of rotatable bonds is 4. The Hall–Kier alpha value is -2.58. The van der Waals surface area contributed by atoms with Crippen LogP contribution in [-0.2, 0) is 11.2 Å². The third-order valence-electron chi connectivity index (χ3n) is 4.04. The maximum Gasteiger partial charge on any atom is 0.232 e. The number of fused-ring (bicyclic) bond motifs is 1. The first-order valence-electron chi connectivity index (χ1n) is 7.95. The molecule has 8 heteroatoms. The number of carbonyl (C=O) groups excluding carboxylic acids is 1. The van der Waals surface area contributed by atoms with Gasteiger partial charge in [0.05, 0.1) is 17.8 Å². The monoisotopic (exact) mass is 386 g/mol. The molecular weight excluding hydrogens is 371 g/mol. The van der Waals surface area contributed by atoms with Gasteiger partial charge in [0.1, 0.15) is 5.82 Å². The second-order valence-electron chi connectivity index (χ2n) is 5.90. The van der Waals surface area contributed by atoms with Crippen LogP contribution in [0.2, 0.25) is 0 Å². The van der Waals surface area contributed by atoms with E-state index in [2.05, 4.69) is 15.3 Å². The van der Waals surface area contributed by atoms with Crippen molar-refractivity contribution in [3.63, 3.8) is 0 Å². The second kappa shape index (κ2) is 6.62. The van der Waals surface area contributed by atoms with Crippen LogP contribution in [0.25, 0.3) is 16.2 Å². The van der Waals surface area contributed by atoms with Crippen molar-refractivity contribution in [1.29, 1.82) is 0 Å². The standard InChI is InChI=1S/C18H15FN4OS2/c1-10-11(2)26-17(20-10)22-16(24)7-14-9-25-18-21-15(8-23(14)18)12-3-5-13(19)6-4-12/h3-6,8-9H,7H2,1-2H3,(H,20,22,24). The Balaban J connectivity index is 1.55. The molecule has 0 aliphatic rings. The lowest BCUT2D eigenvalue weighted by Gasteiger charge is -2.01. The highest BCUT2D eigenvalue weighted by atomic mass is 32.1. The normalized spacial score (nSPS) is 11.2. The van der Waals surface area contributed by atoms with Gasteiger partial charge in [-0.1, -0.05) is 0 Å². The third-order valence-corrected chi connectivity index (χ3v) is 5.92. The largest absolute Gasteiger partial charge is 0.302 e.